The van der Waals surface area contributed by atoms with Crippen LogP contribution in [0.25, 0.3) is 6.08 Å². The fourth-order valence-electron chi connectivity index (χ4n) is 3.68. The number of anilines is 1. The van der Waals surface area contributed by atoms with Gasteiger partial charge < -0.3 is 19.3 Å². The molecule has 1 N–H and O–H groups in total. The molecule has 0 spiro atoms. The number of rotatable bonds is 7. The van der Waals surface area contributed by atoms with E-state index in [2.05, 4.69) is 4.99 Å². The number of nitrogens with zero attached hydrogens (tertiary/aromatic N) is 3. The summed E-state index contributed by atoms with van der Waals surface area (Å²) in [5, 5.41) is 21.6. The van der Waals surface area contributed by atoms with Gasteiger partial charge in [-0.25, -0.2) is 4.99 Å². The lowest BCUT2D eigenvalue weighted by atomic mass is 10.1. The summed E-state index contributed by atoms with van der Waals surface area (Å²) < 4.78 is 16.1. The van der Waals surface area contributed by atoms with Gasteiger partial charge in [0.05, 0.1) is 38.0 Å². The van der Waals surface area contributed by atoms with Gasteiger partial charge in [0.25, 0.3) is 11.6 Å². The van der Waals surface area contributed by atoms with E-state index in [-0.39, 0.29) is 22.9 Å². The molecule has 0 unspecified atom stereocenters. The van der Waals surface area contributed by atoms with Crippen LogP contribution in [0.4, 0.5) is 11.4 Å². The average molecular weight is 475 g/mol. The first kappa shape index (κ1) is 23.3. The van der Waals surface area contributed by atoms with Crippen molar-refractivity contribution in [3.8, 4) is 23.0 Å². The van der Waals surface area contributed by atoms with Crippen molar-refractivity contribution in [2.75, 3.05) is 26.2 Å². The Morgan fingerprint density at radius 1 is 0.971 bits per heavy atom. The van der Waals surface area contributed by atoms with Crippen LogP contribution in [-0.2, 0) is 4.79 Å². The van der Waals surface area contributed by atoms with E-state index in [0.717, 1.165) is 6.07 Å². The van der Waals surface area contributed by atoms with Gasteiger partial charge in [-0.1, -0.05) is 30.3 Å². The van der Waals surface area contributed by atoms with E-state index in [4.69, 9.17) is 14.2 Å². The normalized spacial score (nSPS) is 14.1. The Bertz CT molecular complexity index is 1340. The number of nitro benzene ring substituents is 1. The predicted molar refractivity (Wildman–Crippen MR) is 129 cm³/mol. The first-order valence-electron chi connectivity index (χ1n) is 10.4. The van der Waals surface area contributed by atoms with Crippen LogP contribution < -0.4 is 19.1 Å². The summed E-state index contributed by atoms with van der Waals surface area (Å²) >= 11 is 0. The van der Waals surface area contributed by atoms with Crippen LogP contribution in [0.15, 0.2) is 71.4 Å². The molecule has 178 valence electrons. The van der Waals surface area contributed by atoms with E-state index in [0.29, 0.717) is 28.4 Å². The highest BCUT2D eigenvalue weighted by atomic mass is 16.6. The Kier molecular flexibility index (Phi) is 6.36. The molecule has 1 aliphatic rings. The van der Waals surface area contributed by atoms with Crippen LogP contribution >= 0.6 is 0 Å². The van der Waals surface area contributed by atoms with Crippen molar-refractivity contribution in [1.29, 1.82) is 0 Å². The average Bonchev–Trinajstić information content (AvgIpc) is 3.19. The molecule has 4 rings (SSSR count). The highest BCUT2D eigenvalue weighted by Gasteiger charge is 2.34. The Balaban J connectivity index is 1.85. The summed E-state index contributed by atoms with van der Waals surface area (Å²) in [6, 6.07) is 15.8. The molecule has 0 saturated heterocycles. The molecule has 1 heterocycles. The lowest BCUT2D eigenvalue weighted by Crippen LogP contribution is -2.32. The number of aliphatic imine (C=N–C) groups is 1. The smallest absolute Gasteiger partial charge is 0.282 e. The van der Waals surface area contributed by atoms with Gasteiger partial charge in [0.1, 0.15) is 17.3 Å². The highest BCUT2D eigenvalue weighted by molar-refractivity contribution is 6.33. The molecule has 1 amide bonds. The maximum atomic E-state index is 13.5. The lowest BCUT2D eigenvalue weighted by Gasteiger charge is -2.19. The molecule has 1 aliphatic heterocycles. The number of nitro groups is 1. The standard InChI is InChI=1S/C25H21N3O7/c1-33-21-12-15(13-22(34-2)23(21)35-3)11-18-25(30)27(24(26-18)16-7-5-4-6-8-16)19-10-9-17(28(31)32)14-20(19)29/h4-14,29H,1-3H3. The van der Waals surface area contributed by atoms with Gasteiger partial charge in [-0.15, -0.1) is 0 Å². The van der Waals surface area contributed by atoms with Crippen molar-refractivity contribution >= 4 is 29.2 Å². The summed E-state index contributed by atoms with van der Waals surface area (Å²) in [5.74, 6) is 0.522. The summed E-state index contributed by atoms with van der Waals surface area (Å²) in [6.45, 7) is 0. The Morgan fingerprint density at radius 3 is 2.17 bits per heavy atom. The van der Waals surface area contributed by atoms with Crippen molar-refractivity contribution < 1.29 is 29.0 Å². The summed E-state index contributed by atoms with van der Waals surface area (Å²) in [7, 11) is 4.46. The van der Waals surface area contributed by atoms with E-state index in [1.807, 2.05) is 6.07 Å². The molecule has 3 aromatic carbocycles. The second-order valence-corrected chi connectivity index (χ2v) is 7.36. The van der Waals surface area contributed by atoms with Gasteiger partial charge in [-0.05, 0) is 29.8 Å². The molecule has 0 aliphatic carbocycles. The van der Waals surface area contributed by atoms with E-state index in [1.165, 1.54) is 38.4 Å². The quantitative estimate of drug-likeness (QED) is 0.309. The van der Waals surface area contributed by atoms with Crippen molar-refractivity contribution in [3.63, 3.8) is 0 Å². The zero-order valence-electron chi connectivity index (χ0n) is 19.1. The molecule has 10 nitrogen and oxygen atoms in total. The van der Waals surface area contributed by atoms with Crippen LogP contribution in [0.2, 0.25) is 0 Å². The van der Waals surface area contributed by atoms with Gasteiger partial charge in [0.15, 0.2) is 11.5 Å². The van der Waals surface area contributed by atoms with Crippen molar-refractivity contribution in [1.82, 2.24) is 0 Å². The zero-order valence-corrected chi connectivity index (χ0v) is 19.1. The van der Waals surface area contributed by atoms with E-state index in [9.17, 15) is 20.0 Å². The van der Waals surface area contributed by atoms with Crippen LogP contribution in [0, 0.1) is 10.1 Å². The fraction of sp³-hybridized carbons (Fsp3) is 0.120. The molecule has 0 fully saturated rings. The number of carbonyl (C=O) groups excluding carboxylic acids is 1. The molecule has 0 aromatic heterocycles. The lowest BCUT2D eigenvalue weighted by molar-refractivity contribution is -0.384. The number of ether oxygens (including phenoxy) is 3. The van der Waals surface area contributed by atoms with Gasteiger partial charge in [0.2, 0.25) is 5.75 Å². The summed E-state index contributed by atoms with van der Waals surface area (Å²) in [5.41, 5.74) is 1.03. The molecular weight excluding hydrogens is 454 g/mol. The van der Waals surface area contributed by atoms with E-state index in [1.54, 1.807) is 42.5 Å². The first-order valence-corrected chi connectivity index (χ1v) is 10.4. The van der Waals surface area contributed by atoms with Gasteiger partial charge in [-0.3, -0.25) is 19.8 Å². The maximum Gasteiger partial charge on any atom is 0.282 e. The SMILES string of the molecule is COc1cc(C=C2N=C(c3ccccc3)N(c3ccc([N+](=O)[O-])cc3O)C2=O)cc(OC)c1OC. The van der Waals surface area contributed by atoms with Crippen LogP contribution in [0.3, 0.4) is 0 Å². The number of carbonyl (C=O) groups is 1. The first-order chi connectivity index (χ1) is 16.9. The molecule has 0 bridgehead atoms. The Morgan fingerprint density at radius 2 is 1.63 bits per heavy atom. The molecule has 0 saturated carbocycles. The number of methoxy groups -OCH3 is 3. The number of amides is 1. The third-order valence-electron chi connectivity index (χ3n) is 5.29. The second kappa shape index (κ2) is 9.56. The fourth-order valence-corrected chi connectivity index (χ4v) is 3.68. The number of aromatic hydroxyl groups is 1. The molecular formula is C25H21N3O7. The van der Waals surface area contributed by atoms with Gasteiger partial charge in [0, 0.05) is 11.6 Å². The van der Waals surface area contributed by atoms with E-state index < -0.39 is 16.6 Å². The number of benzene rings is 3. The Labute approximate surface area is 200 Å². The summed E-state index contributed by atoms with van der Waals surface area (Å²) in [4.78, 5) is 29.7. The molecule has 0 atom stereocenters. The van der Waals surface area contributed by atoms with Crippen molar-refractivity contribution in [3.05, 3.63) is 87.6 Å². The minimum atomic E-state index is -0.628. The van der Waals surface area contributed by atoms with Crippen molar-refractivity contribution in [2.24, 2.45) is 4.99 Å². The third kappa shape index (κ3) is 4.36. The van der Waals surface area contributed by atoms with E-state index >= 15 is 0 Å². The van der Waals surface area contributed by atoms with Gasteiger partial charge in [-0.2, -0.15) is 0 Å². The highest BCUT2D eigenvalue weighted by Crippen LogP contribution is 2.40. The minimum absolute atomic E-state index is 0.0662. The van der Waals surface area contributed by atoms with Gasteiger partial charge >= 0.3 is 0 Å². The third-order valence-corrected chi connectivity index (χ3v) is 5.29. The minimum Gasteiger partial charge on any atom is -0.505 e. The number of non-ortho nitro benzene ring substituents is 1. The monoisotopic (exact) mass is 475 g/mol. The number of hydrogen-bond acceptors (Lipinski definition) is 8. The molecule has 35 heavy (non-hydrogen) atoms. The van der Waals surface area contributed by atoms with Crippen LogP contribution in [-0.4, -0.2) is 43.1 Å². The predicted octanol–water partition coefficient (Wildman–Crippen LogP) is 4.16. The zero-order chi connectivity index (χ0) is 25.1. The van der Waals surface area contributed by atoms with Crippen LogP contribution in [0.5, 0.6) is 23.0 Å². The second-order valence-electron chi connectivity index (χ2n) is 7.36. The number of phenols is 1. The van der Waals surface area contributed by atoms with Crippen molar-refractivity contribution in [2.45, 2.75) is 0 Å². The Hall–Kier alpha value is -4.86. The number of hydrogen-bond donors (Lipinski definition) is 1. The topological polar surface area (TPSA) is 124 Å². The molecule has 0 radical (unpaired) electrons. The molecule has 10 heteroatoms. The number of phenolic OH excluding ortho intramolecular Hbond substituents is 1. The van der Waals surface area contributed by atoms with Crippen LogP contribution in [0.1, 0.15) is 11.1 Å². The largest absolute Gasteiger partial charge is 0.505 e. The molecule has 3 aromatic rings. The number of amidine groups is 1. The summed E-state index contributed by atoms with van der Waals surface area (Å²) in [6.07, 6.45) is 1.55. The maximum absolute atomic E-state index is 13.5.